The first-order valence-corrected chi connectivity index (χ1v) is 6.80. The first-order valence-electron chi connectivity index (χ1n) is 6.04. The van der Waals surface area contributed by atoms with Gasteiger partial charge in [-0.1, -0.05) is 35.3 Å². The molecule has 0 spiro atoms. The normalized spacial score (nSPS) is 9.95. The fourth-order valence-corrected chi connectivity index (χ4v) is 1.86. The fraction of sp³-hybridized carbons (Fsp3) is 0. The van der Waals surface area contributed by atoms with Crippen LogP contribution in [0.3, 0.4) is 0 Å². The Morgan fingerprint density at radius 2 is 1.68 bits per heavy atom. The van der Waals surface area contributed by atoms with Crippen molar-refractivity contribution >= 4 is 40.8 Å². The molecule has 0 radical (unpaired) electrons. The van der Waals surface area contributed by atoms with E-state index in [1.165, 1.54) is 36.4 Å². The van der Waals surface area contributed by atoms with Crippen LogP contribution in [0.25, 0.3) is 0 Å². The minimum atomic E-state index is -0.776. The molecule has 114 valence electrons. The molecule has 0 bridgehead atoms. The van der Waals surface area contributed by atoms with E-state index in [9.17, 15) is 14.0 Å². The van der Waals surface area contributed by atoms with Gasteiger partial charge in [0.2, 0.25) is 0 Å². The number of hydrogen-bond donors (Lipinski definition) is 3. The first-order chi connectivity index (χ1) is 10.5. The maximum Gasteiger partial charge on any atom is 0.337 e. The molecule has 3 N–H and O–H groups in total. The summed E-state index contributed by atoms with van der Waals surface area (Å²) in [6, 6.07) is 9.17. The second kappa shape index (κ2) is 7.11. The molecule has 0 heterocycles. The minimum Gasteiger partial charge on any atom is -0.307 e. The van der Waals surface area contributed by atoms with E-state index < -0.39 is 17.8 Å². The number of anilines is 1. The Kier molecular flexibility index (Phi) is 5.19. The Labute approximate surface area is 135 Å². The van der Waals surface area contributed by atoms with E-state index in [1.54, 1.807) is 0 Å². The van der Waals surface area contributed by atoms with Crippen molar-refractivity contribution in [3.8, 4) is 0 Å². The van der Waals surface area contributed by atoms with Crippen LogP contribution in [0.4, 0.5) is 14.9 Å². The number of benzene rings is 2. The Balaban J connectivity index is 1.91. The number of carbonyl (C=O) groups is 2. The first kappa shape index (κ1) is 16.1. The van der Waals surface area contributed by atoms with Gasteiger partial charge in [-0.2, -0.15) is 0 Å². The fourth-order valence-electron chi connectivity index (χ4n) is 1.56. The molecule has 2 aromatic carbocycles. The zero-order valence-corrected chi connectivity index (χ0v) is 12.5. The lowest BCUT2D eigenvalue weighted by Crippen LogP contribution is -2.44. The summed E-state index contributed by atoms with van der Waals surface area (Å²) in [5.74, 6) is -1.46. The van der Waals surface area contributed by atoms with E-state index in [0.717, 1.165) is 6.07 Å². The second-order valence-corrected chi connectivity index (χ2v) is 4.96. The van der Waals surface area contributed by atoms with Gasteiger partial charge in [-0.3, -0.25) is 10.2 Å². The molecule has 0 atom stereocenters. The van der Waals surface area contributed by atoms with Crippen LogP contribution in [0, 0.1) is 5.82 Å². The molecule has 2 rings (SSSR count). The molecule has 22 heavy (non-hydrogen) atoms. The summed E-state index contributed by atoms with van der Waals surface area (Å²) < 4.78 is 13.4. The SMILES string of the molecule is O=C(NNC(=O)c1ccccc1F)Nc1ccc(Cl)c(Cl)c1. The minimum absolute atomic E-state index is 0.183. The van der Waals surface area contributed by atoms with Gasteiger partial charge >= 0.3 is 6.03 Å². The van der Waals surface area contributed by atoms with E-state index >= 15 is 0 Å². The summed E-state index contributed by atoms with van der Waals surface area (Å²) in [7, 11) is 0. The number of halogens is 3. The topological polar surface area (TPSA) is 70.2 Å². The van der Waals surface area contributed by atoms with E-state index in [-0.39, 0.29) is 10.6 Å². The molecule has 5 nitrogen and oxygen atoms in total. The molecule has 0 aliphatic heterocycles. The highest BCUT2D eigenvalue weighted by molar-refractivity contribution is 6.42. The predicted molar refractivity (Wildman–Crippen MR) is 82.5 cm³/mol. The monoisotopic (exact) mass is 341 g/mol. The Hall–Kier alpha value is -2.31. The van der Waals surface area contributed by atoms with Crippen molar-refractivity contribution in [3.63, 3.8) is 0 Å². The summed E-state index contributed by atoms with van der Waals surface area (Å²) in [4.78, 5) is 23.3. The van der Waals surface area contributed by atoms with Gasteiger partial charge in [-0.25, -0.2) is 14.6 Å². The number of carbonyl (C=O) groups excluding carboxylic acids is 2. The highest BCUT2D eigenvalue weighted by Crippen LogP contribution is 2.24. The molecule has 0 fully saturated rings. The molecule has 8 heteroatoms. The van der Waals surface area contributed by atoms with Crippen LogP contribution in [-0.2, 0) is 0 Å². The Bertz CT molecular complexity index is 725. The third kappa shape index (κ3) is 4.09. The van der Waals surface area contributed by atoms with E-state index in [1.807, 2.05) is 0 Å². The summed E-state index contributed by atoms with van der Waals surface area (Å²) in [5.41, 5.74) is 4.38. The third-order valence-corrected chi connectivity index (χ3v) is 3.32. The van der Waals surface area contributed by atoms with Crippen molar-refractivity contribution in [2.24, 2.45) is 0 Å². The van der Waals surface area contributed by atoms with Crippen molar-refractivity contribution in [2.45, 2.75) is 0 Å². The van der Waals surface area contributed by atoms with Crippen LogP contribution in [0.5, 0.6) is 0 Å². The Morgan fingerprint density at radius 3 is 2.36 bits per heavy atom. The van der Waals surface area contributed by atoms with Crippen molar-refractivity contribution in [3.05, 3.63) is 63.9 Å². The molecule has 0 saturated carbocycles. The second-order valence-electron chi connectivity index (χ2n) is 4.14. The van der Waals surface area contributed by atoms with E-state index in [4.69, 9.17) is 23.2 Å². The van der Waals surface area contributed by atoms with Gasteiger partial charge in [0, 0.05) is 5.69 Å². The van der Waals surface area contributed by atoms with Crippen LogP contribution in [0.1, 0.15) is 10.4 Å². The lowest BCUT2D eigenvalue weighted by atomic mass is 10.2. The molecule has 0 saturated heterocycles. The van der Waals surface area contributed by atoms with Gasteiger partial charge in [0.25, 0.3) is 5.91 Å². The van der Waals surface area contributed by atoms with Crippen molar-refractivity contribution in [1.82, 2.24) is 10.9 Å². The number of nitrogens with one attached hydrogen (secondary N) is 3. The molecule has 3 amide bonds. The summed E-state index contributed by atoms with van der Waals surface area (Å²) >= 11 is 11.6. The molecule has 0 unspecified atom stereocenters. The van der Waals surface area contributed by atoms with Gasteiger partial charge in [-0.05, 0) is 30.3 Å². The van der Waals surface area contributed by atoms with Crippen LogP contribution >= 0.6 is 23.2 Å². The number of urea groups is 1. The predicted octanol–water partition coefficient (Wildman–Crippen LogP) is 3.60. The maximum atomic E-state index is 13.4. The maximum absolute atomic E-state index is 13.4. The molecule has 2 aromatic rings. The molecular weight excluding hydrogens is 332 g/mol. The zero-order valence-electron chi connectivity index (χ0n) is 11.0. The van der Waals surface area contributed by atoms with Crippen LogP contribution < -0.4 is 16.2 Å². The van der Waals surface area contributed by atoms with Gasteiger partial charge < -0.3 is 5.32 Å². The van der Waals surface area contributed by atoms with Gasteiger partial charge in [0.1, 0.15) is 5.82 Å². The number of hydrazine groups is 1. The summed E-state index contributed by atoms with van der Waals surface area (Å²) in [6.07, 6.45) is 0. The van der Waals surface area contributed by atoms with Crippen molar-refractivity contribution < 1.29 is 14.0 Å². The van der Waals surface area contributed by atoms with Gasteiger partial charge in [-0.15, -0.1) is 0 Å². The van der Waals surface area contributed by atoms with Crippen LogP contribution in [0.2, 0.25) is 10.0 Å². The van der Waals surface area contributed by atoms with Crippen molar-refractivity contribution in [1.29, 1.82) is 0 Å². The summed E-state index contributed by atoms with van der Waals surface area (Å²) in [5, 5.41) is 3.05. The van der Waals surface area contributed by atoms with E-state index in [2.05, 4.69) is 16.2 Å². The lowest BCUT2D eigenvalue weighted by Gasteiger charge is -2.10. The smallest absolute Gasteiger partial charge is 0.307 e. The average Bonchev–Trinajstić information content (AvgIpc) is 2.49. The van der Waals surface area contributed by atoms with Gasteiger partial charge in [0.15, 0.2) is 0 Å². The lowest BCUT2D eigenvalue weighted by molar-refractivity contribution is 0.0934. The quantitative estimate of drug-likeness (QED) is 0.730. The van der Waals surface area contributed by atoms with Crippen LogP contribution in [0.15, 0.2) is 42.5 Å². The molecule has 0 aliphatic rings. The highest BCUT2D eigenvalue weighted by Gasteiger charge is 2.11. The van der Waals surface area contributed by atoms with Crippen molar-refractivity contribution in [2.75, 3.05) is 5.32 Å². The van der Waals surface area contributed by atoms with E-state index in [0.29, 0.717) is 10.7 Å². The van der Waals surface area contributed by atoms with Gasteiger partial charge in [0.05, 0.1) is 15.6 Å². The molecule has 0 aliphatic carbocycles. The zero-order chi connectivity index (χ0) is 16.1. The number of hydrogen-bond acceptors (Lipinski definition) is 2. The summed E-state index contributed by atoms with van der Waals surface area (Å²) in [6.45, 7) is 0. The highest BCUT2D eigenvalue weighted by atomic mass is 35.5. The standard InChI is InChI=1S/C14H10Cl2FN3O2/c15-10-6-5-8(7-11(10)16)18-14(22)20-19-13(21)9-3-1-2-4-12(9)17/h1-7H,(H,19,21)(H2,18,20,22). The third-order valence-electron chi connectivity index (χ3n) is 2.59. The number of rotatable bonds is 2. The largest absolute Gasteiger partial charge is 0.337 e. The number of amides is 3. The molecular formula is C14H10Cl2FN3O2. The average molecular weight is 342 g/mol. The van der Waals surface area contributed by atoms with Crippen LogP contribution in [-0.4, -0.2) is 11.9 Å². The Morgan fingerprint density at radius 1 is 0.955 bits per heavy atom. The molecule has 0 aromatic heterocycles.